The Balaban J connectivity index is 1.61. The molecule has 1 aliphatic rings. The highest BCUT2D eigenvalue weighted by molar-refractivity contribution is 5.94. The molecule has 0 aromatic heterocycles. The van der Waals surface area contributed by atoms with Crippen LogP contribution in [0.1, 0.15) is 60.5 Å². The predicted octanol–water partition coefficient (Wildman–Crippen LogP) is 5.98. The molecule has 4 rings (SSSR count). The molecule has 5 heteroatoms. The van der Waals surface area contributed by atoms with Crippen molar-refractivity contribution >= 4 is 17.5 Å². The highest BCUT2D eigenvalue weighted by Crippen LogP contribution is 2.38. The van der Waals surface area contributed by atoms with Crippen LogP contribution in [0, 0.1) is 13.8 Å². The van der Waals surface area contributed by atoms with Gasteiger partial charge < -0.3 is 15.0 Å². The number of fused-ring (bicyclic) bond motifs is 1. The fourth-order valence-electron chi connectivity index (χ4n) is 4.59. The van der Waals surface area contributed by atoms with E-state index < -0.39 is 6.10 Å². The molecule has 2 unspecified atom stereocenters. The number of carbonyl (C=O) groups excluding carboxylic acids is 2. The number of nitrogens with zero attached hydrogens (tertiary/aromatic N) is 1. The van der Waals surface area contributed by atoms with Crippen LogP contribution in [0.25, 0.3) is 0 Å². The number of rotatable bonds is 7. The van der Waals surface area contributed by atoms with Crippen molar-refractivity contribution in [1.29, 1.82) is 0 Å². The third-order valence-electron chi connectivity index (χ3n) is 6.62. The largest absolute Gasteiger partial charge is 0.481 e. The van der Waals surface area contributed by atoms with E-state index in [0.29, 0.717) is 25.1 Å². The van der Waals surface area contributed by atoms with Gasteiger partial charge in [0, 0.05) is 18.7 Å². The molecule has 1 aliphatic heterocycles. The molecule has 0 saturated heterocycles. The molecule has 0 saturated carbocycles. The van der Waals surface area contributed by atoms with Crippen molar-refractivity contribution < 1.29 is 14.3 Å². The van der Waals surface area contributed by atoms with Crippen LogP contribution in [-0.2, 0) is 16.0 Å². The quantitative estimate of drug-likeness (QED) is 0.462. The van der Waals surface area contributed by atoms with Gasteiger partial charge in [0.2, 0.25) is 5.91 Å². The SMILES string of the molecule is CCC(=O)N1CCc2ccc(OC(CC)C(=O)Nc3ccc(C)cc3)cc2C1c1ccc(C)cc1. The molecule has 1 heterocycles. The smallest absolute Gasteiger partial charge is 0.265 e. The average Bonchev–Trinajstić information content (AvgIpc) is 2.87. The van der Waals surface area contributed by atoms with E-state index in [2.05, 4.69) is 42.6 Å². The third-order valence-corrected chi connectivity index (χ3v) is 6.62. The van der Waals surface area contributed by atoms with E-state index in [4.69, 9.17) is 4.74 Å². The van der Waals surface area contributed by atoms with Gasteiger partial charge in [-0.15, -0.1) is 0 Å². The number of ether oxygens (including phenoxy) is 1. The minimum Gasteiger partial charge on any atom is -0.481 e. The zero-order valence-corrected chi connectivity index (χ0v) is 21.0. The molecule has 3 aromatic carbocycles. The number of aryl methyl sites for hydroxylation is 2. The lowest BCUT2D eigenvalue weighted by Gasteiger charge is -2.38. The van der Waals surface area contributed by atoms with Gasteiger partial charge in [-0.25, -0.2) is 0 Å². The maximum Gasteiger partial charge on any atom is 0.265 e. The second kappa shape index (κ2) is 10.8. The number of amides is 2. The molecular weight excluding hydrogens is 436 g/mol. The summed E-state index contributed by atoms with van der Waals surface area (Å²) in [6.45, 7) is 8.61. The molecule has 3 aromatic rings. The Morgan fingerprint density at radius 3 is 2.26 bits per heavy atom. The lowest BCUT2D eigenvalue weighted by Crippen LogP contribution is -2.40. The second-order valence-corrected chi connectivity index (χ2v) is 9.23. The maximum atomic E-state index is 12.9. The number of nitrogens with one attached hydrogen (secondary N) is 1. The number of hydrogen-bond acceptors (Lipinski definition) is 3. The molecule has 1 N–H and O–H groups in total. The highest BCUT2D eigenvalue weighted by atomic mass is 16.5. The van der Waals surface area contributed by atoms with Crippen molar-refractivity contribution in [3.05, 3.63) is 94.5 Å². The average molecular weight is 471 g/mol. The van der Waals surface area contributed by atoms with Crippen molar-refractivity contribution in [1.82, 2.24) is 4.90 Å². The van der Waals surface area contributed by atoms with Crippen LogP contribution in [0.5, 0.6) is 5.75 Å². The first-order valence-electron chi connectivity index (χ1n) is 12.4. The Labute approximate surface area is 208 Å². The molecule has 0 spiro atoms. The summed E-state index contributed by atoms with van der Waals surface area (Å²) in [7, 11) is 0. The van der Waals surface area contributed by atoms with Crippen LogP contribution >= 0.6 is 0 Å². The standard InChI is InChI=1S/C30H34N2O3/c1-5-27(30(34)31-24-14-9-21(4)10-15-24)35-25-16-13-22-17-18-32(28(33)6-2)29(26(22)19-25)23-11-7-20(3)8-12-23/h7-16,19,27,29H,5-6,17-18H2,1-4H3,(H,31,34). The maximum absolute atomic E-state index is 12.9. The van der Waals surface area contributed by atoms with Gasteiger partial charge in [-0.1, -0.05) is 67.4 Å². The first-order valence-corrected chi connectivity index (χ1v) is 12.4. The van der Waals surface area contributed by atoms with Gasteiger partial charge in [0.15, 0.2) is 6.10 Å². The normalized spacial score (nSPS) is 15.8. The van der Waals surface area contributed by atoms with Gasteiger partial charge in [-0.05, 0) is 67.6 Å². The lowest BCUT2D eigenvalue weighted by atomic mass is 9.87. The highest BCUT2D eigenvalue weighted by Gasteiger charge is 2.32. The molecule has 2 atom stereocenters. The van der Waals surface area contributed by atoms with Crippen LogP contribution in [0.4, 0.5) is 5.69 Å². The fraction of sp³-hybridized carbons (Fsp3) is 0.333. The van der Waals surface area contributed by atoms with E-state index in [1.54, 1.807) is 0 Å². The van der Waals surface area contributed by atoms with Crippen molar-refractivity contribution in [2.45, 2.75) is 59.1 Å². The summed E-state index contributed by atoms with van der Waals surface area (Å²) in [5.41, 5.74) is 6.43. The topological polar surface area (TPSA) is 58.6 Å². The van der Waals surface area contributed by atoms with Gasteiger partial charge in [0.25, 0.3) is 5.91 Å². The minimum atomic E-state index is -0.621. The summed E-state index contributed by atoms with van der Waals surface area (Å²) in [6, 6.07) is 21.9. The number of anilines is 1. The zero-order valence-electron chi connectivity index (χ0n) is 21.0. The van der Waals surface area contributed by atoms with Gasteiger partial charge in [0.05, 0.1) is 6.04 Å². The van der Waals surface area contributed by atoms with Crippen molar-refractivity contribution in [3.63, 3.8) is 0 Å². The van der Waals surface area contributed by atoms with E-state index >= 15 is 0 Å². The van der Waals surface area contributed by atoms with E-state index in [1.165, 1.54) is 11.1 Å². The van der Waals surface area contributed by atoms with E-state index in [-0.39, 0.29) is 17.9 Å². The summed E-state index contributed by atoms with van der Waals surface area (Å²) in [5, 5.41) is 2.96. The zero-order chi connectivity index (χ0) is 24.9. The lowest BCUT2D eigenvalue weighted by molar-refractivity contribution is -0.133. The number of hydrogen-bond donors (Lipinski definition) is 1. The van der Waals surface area contributed by atoms with Gasteiger partial charge in [-0.3, -0.25) is 9.59 Å². The fourth-order valence-corrected chi connectivity index (χ4v) is 4.59. The first-order chi connectivity index (χ1) is 16.9. The van der Waals surface area contributed by atoms with E-state index in [0.717, 1.165) is 28.8 Å². The molecule has 5 nitrogen and oxygen atoms in total. The minimum absolute atomic E-state index is 0.136. The number of carbonyl (C=O) groups is 2. The van der Waals surface area contributed by atoms with E-state index in [9.17, 15) is 9.59 Å². The van der Waals surface area contributed by atoms with Gasteiger partial charge in [0.1, 0.15) is 5.75 Å². The summed E-state index contributed by atoms with van der Waals surface area (Å²) in [5.74, 6) is 0.598. The van der Waals surface area contributed by atoms with E-state index in [1.807, 2.05) is 62.1 Å². The van der Waals surface area contributed by atoms with Crippen LogP contribution in [0.2, 0.25) is 0 Å². The molecule has 0 fully saturated rings. The van der Waals surface area contributed by atoms with Gasteiger partial charge in [-0.2, -0.15) is 0 Å². The summed E-state index contributed by atoms with van der Waals surface area (Å²) < 4.78 is 6.20. The summed E-state index contributed by atoms with van der Waals surface area (Å²) in [4.78, 5) is 27.8. The van der Waals surface area contributed by atoms with Crippen molar-refractivity contribution in [3.8, 4) is 5.75 Å². The Kier molecular flexibility index (Phi) is 7.54. The first kappa shape index (κ1) is 24.5. The second-order valence-electron chi connectivity index (χ2n) is 9.23. The Morgan fingerprint density at radius 2 is 1.63 bits per heavy atom. The molecule has 0 radical (unpaired) electrons. The third kappa shape index (κ3) is 5.56. The Hall–Kier alpha value is -3.60. The molecular formula is C30H34N2O3. The Morgan fingerprint density at radius 1 is 0.971 bits per heavy atom. The summed E-state index contributed by atoms with van der Waals surface area (Å²) >= 11 is 0. The molecule has 35 heavy (non-hydrogen) atoms. The molecule has 0 bridgehead atoms. The van der Waals surface area contributed by atoms with Crippen LogP contribution < -0.4 is 10.1 Å². The van der Waals surface area contributed by atoms with Crippen molar-refractivity contribution in [2.75, 3.05) is 11.9 Å². The summed E-state index contributed by atoms with van der Waals surface area (Å²) in [6.07, 6.45) is 1.18. The van der Waals surface area contributed by atoms with Crippen LogP contribution in [0.15, 0.2) is 66.7 Å². The van der Waals surface area contributed by atoms with Crippen molar-refractivity contribution in [2.24, 2.45) is 0 Å². The van der Waals surface area contributed by atoms with Crippen LogP contribution in [0.3, 0.4) is 0 Å². The van der Waals surface area contributed by atoms with Gasteiger partial charge >= 0.3 is 0 Å². The molecule has 182 valence electrons. The monoisotopic (exact) mass is 470 g/mol. The Bertz CT molecular complexity index is 1190. The predicted molar refractivity (Wildman–Crippen MR) is 140 cm³/mol. The number of benzene rings is 3. The van der Waals surface area contributed by atoms with Crippen LogP contribution in [-0.4, -0.2) is 29.4 Å². The molecule has 2 amide bonds. The molecule has 0 aliphatic carbocycles.